The summed E-state index contributed by atoms with van der Waals surface area (Å²) in [7, 11) is 0. The number of hydrogen-bond acceptors (Lipinski definition) is 4. The lowest BCUT2D eigenvalue weighted by Crippen LogP contribution is -2.25. The zero-order chi connectivity index (χ0) is 16.0. The van der Waals surface area contributed by atoms with Gasteiger partial charge in [-0.2, -0.15) is 13.2 Å². The van der Waals surface area contributed by atoms with Crippen LogP contribution in [-0.4, -0.2) is 35.2 Å². The summed E-state index contributed by atoms with van der Waals surface area (Å²) in [6, 6.07) is 2.65. The minimum atomic E-state index is -4.57. The van der Waals surface area contributed by atoms with E-state index in [0.717, 1.165) is 25.7 Å². The van der Waals surface area contributed by atoms with Crippen LogP contribution in [0.4, 0.5) is 18.9 Å². The minimum absolute atomic E-state index is 0.264. The number of nitrogens with zero attached hydrogens (tertiary/aromatic N) is 2. The van der Waals surface area contributed by atoms with Crippen molar-refractivity contribution in [3.8, 4) is 0 Å². The highest BCUT2D eigenvalue weighted by atomic mass is 32.2. The molecule has 0 atom stereocenters. The van der Waals surface area contributed by atoms with Crippen LogP contribution in [-0.2, 0) is 6.18 Å². The monoisotopic (exact) mass is 322 g/mol. The van der Waals surface area contributed by atoms with Gasteiger partial charge in [0.25, 0.3) is 5.69 Å². The molecule has 1 aromatic carbocycles. The first-order chi connectivity index (χ1) is 9.79. The zero-order valence-electron chi connectivity index (χ0n) is 11.8. The average molecular weight is 322 g/mol. The lowest BCUT2D eigenvalue weighted by Gasteiger charge is -2.17. The molecule has 8 heteroatoms. The number of benzene rings is 1. The Labute approximate surface area is 125 Å². The molecular formula is C13H17F3N2O2S. The molecule has 0 aliphatic carbocycles. The molecule has 1 aromatic rings. The molecule has 1 rings (SSSR count). The predicted molar refractivity (Wildman–Crippen MR) is 76.6 cm³/mol. The third-order valence-electron chi connectivity index (χ3n) is 3.04. The lowest BCUT2D eigenvalue weighted by atomic mass is 10.2. The van der Waals surface area contributed by atoms with Crippen LogP contribution in [0.25, 0.3) is 0 Å². The van der Waals surface area contributed by atoms with Crippen molar-refractivity contribution in [2.45, 2.75) is 24.9 Å². The molecule has 0 N–H and O–H groups in total. The average Bonchev–Trinajstić information content (AvgIpc) is 2.42. The van der Waals surface area contributed by atoms with Crippen LogP contribution in [0.15, 0.2) is 23.1 Å². The van der Waals surface area contributed by atoms with Crippen molar-refractivity contribution in [1.29, 1.82) is 0 Å². The molecule has 0 radical (unpaired) electrons. The van der Waals surface area contributed by atoms with Crippen LogP contribution in [0.5, 0.6) is 0 Å². The fourth-order valence-corrected chi connectivity index (χ4v) is 2.80. The second-order valence-electron chi connectivity index (χ2n) is 4.31. The summed E-state index contributed by atoms with van der Waals surface area (Å²) in [5.74, 6) is 0.591. The number of alkyl halides is 3. The van der Waals surface area contributed by atoms with Gasteiger partial charge in [-0.25, -0.2) is 0 Å². The molecule has 0 saturated carbocycles. The summed E-state index contributed by atoms with van der Waals surface area (Å²) < 4.78 is 37.7. The normalized spacial score (nSPS) is 11.9. The Morgan fingerprint density at radius 1 is 1.29 bits per heavy atom. The molecule has 0 spiro atoms. The number of nitro benzene ring substituents is 1. The summed E-state index contributed by atoms with van der Waals surface area (Å²) >= 11 is 1.20. The van der Waals surface area contributed by atoms with Crippen molar-refractivity contribution in [3.05, 3.63) is 33.9 Å². The van der Waals surface area contributed by atoms with E-state index in [1.807, 2.05) is 13.8 Å². The third kappa shape index (κ3) is 5.20. The van der Waals surface area contributed by atoms with E-state index < -0.39 is 22.4 Å². The van der Waals surface area contributed by atoms with Crippen molar-refractivity contribution in [2.75, 3.05) is 25.4 Å². The molecule has 0 aliphatic rings. The van der Waals surface area contributed by atoms with E-state index in [1.165, 1.54) is 17.8 Å². The Bertz CT molecular complexity index is 491. The van der Waals surface area contributed by atoms with Gasteiger partial charge in [-0.1, -0.05) is 13.8 Å². The van der Waals surface area contributed by atoms with Crippen LogP contribution in [0.3, 0.4) is 0 Å². The molecule has 0 saturated heterocycles. The van der Waals surface area contributed by atoms with Gasteiger partial charge >= 0.3 is 6.18 Å². The first-order valence-electron chi connectivity index (χ1n) is 6.50. The van der Waals surface area contributed by atoms with Crippen molar-refractivity contribution < 1.29 is 18.1 Å². The second-order valence-corrected chi connectivity index (χ2v) is 5.45. The summed E-state index contributed by atoms with van der Waals surface area (Å²) in [6.07, 6.45) is -4.57. The highest BCUT2D eigenvalue weighted by Gasteiger charge is 2.33. The summed E-state index contributed by atoms with van der Waals surface area (Å²) in [5.41, 5.74) is -1.49. The topological polar surface area (TPSA) is 46.4 Å². The van der Waals surface area contributed by atoms with Gasteiger partial charge in [-0.3, -0.25) is 10.1 Å². The highest BCUT2D eigenvalue weighted by Crippen LogP contribution is 2.36. The largest absolute Gasteiger partial charge is 0.416 e. The maximum absolute atomic E-state index is 12.6. The maximum Gasteiger partial charge on any atom is 0.416 e. The Kier molecular flexibility index (Phi) is 6.47. The number of hydrogen-bond donors (Lipinski definition) is 0. The van der Waals surface area contributed by atoms with E-state index in [1.54, 1.807) is 0 Å². The highest BCUT2D eigenvalue weighted by molar-refractivity contribution is 7.99. The second kappa shape index (κ2) is 7.65. The number of rotatable bonds is 7. The van der Waals surface area contributed by atoms with E-state index in [9.17, 15) is 23.3 Å². The first-order valence-corrected chi connectivity index (χ1v) is 7.49. The fraction of sp³-hybridized carbons (Fsp3) is 0.538. The number of halogens is 3. The van der Waals surface area contributed by atoms with Gasteiger partial charge in [0, 0.05) is 18.4 Å². The zero-order valence-corrected chi connectivity index (χ0v) is 12.6. The Balaban J connectivity index is 2.85. The van der Waals surface area contributed by atoms with Gasteiger partial charge in [-0.05, 0) is 25.2 Å². The third-order valence-corrected chi connectivity index (χ3v) is 4.09. The molecule has 118 valence electrons. The lowest BCUT2D eigenvalue weighted by molar-refractivity contribution is -0.388. The van der Waals surface area contributed by atoms with Crippen LogP contribution < -0.4 is 0 Å². The Morgan fingerprint density at radius 3 is 2.38 bits per heavy atom. The van der Waals surface area contributed by atoms with Crippen molar-refractivity contribution in [2.24, 2.45) is 0 Å². The predicted octanol–water partition coefficient (Wildman–Crippen LogP) is 4.05. The summed E-state index contributed by atoms with van der Waals surface area (Å²) in [6.45, 7) is 6.48. The van der Waals surface area contributed by atoms with E-state index in [4.69, 9.17) is 0 Å². The van der Waals surface area contributed by atoms with Gasteiger partial charge in [0.15, 0.2) is 0 Å². The van der Waals surface area contributed by atoms with Crippen molar-refractivity contribution >= 4 is 17.4 Å². The first kappa shape index (κ1) is 17.8. The molecule has 0 fully saturated rings. The quantitative estimate of drug-likeness (QED) is 0.432. The van der Waals surface area contributed by atoms with Crippen molar-refractivity contribution in [3.63, 3.8) is 0 Å². The molecule has 0 amide bonds. The van der Waals surface area contributed by atoms with Gasteiger partial charge in [0.1, 0.15) is 0 Å². The van der Waals surface area contributed by atoms with Gasteiger partial charge in [-0.15, -0.1) is 11.8 Å². The van der Waals surface area contributed by atoms with Crippen LogP contribution in [0.2, 0.25) is 0 Å². The summed E-state index contributed by atoms with van der Waals surface area (Å²) in [4.78, 5) is 12.6. The molecule has 0 aromatic heterocycles. The van der Waals surface area contributed by atoms with Gasteiger partial charge < -0.3 is 4.90 Å². The molecule has 0 unspecified atom stereocenters. The van der Waals surface area contributed by atoms with Crippen LogP contribution in [0, 0.1) is 10.1 Å². The SMILES string of the molecule is CCN(CC)CCSc1ccc(C(F)(F)F)cc1[N+](=O)[O-]. The Morgan fingerprint density at radius 2 is 1.90 bits per heavy atom. The summed E-state index contributed by atoms with van der Waals surface area (Å²) in [5, 5.41) is 10.9. The molecule has 4 nitrogen and oxygen atoms in total. The van der Waals surface area contributed by atoms with Gasteiger partial charge in [0.05, 0.1) is 15.4 Å². The number of thioether (sulfide) groups is 1. The molecular weight excluding hydrogens is 305 g/mol. The van der Waals surface area contributed by atoms with Crippen LogP contribution >= 0.6 is 11.8 Å². The molecule has 0 heterocycles. The molecule has 0 aliphatic heterocycles. The van der Waals surface area contributed by atoms with Crippen molar-refractivity contribution in [1.82, 2.24) is 4.90 Å². The van der Waals surface area contributed by atoms with Gasteiger partial charge in [0.2, 0.25) is 0 Å². The maximum atomic E-state index is 12.6. The number of nitro groups is 1. The standard InChI is InChI=1S/C13H17F3N2O2S/c1-3-17(4-2)7-8-21-12-6-5-10(13(14,15)16)9-11(12)18(19)20/h5-6,9H,3-4,7-8H2,1-2H3. The minimum Gasteiger partial charge on any atom is -0.303 e. The molecule has 0 bridgehead atoms. The molecule has 21 heavy (non-hydrogen) atoms. The van der Waals surface area contributed by atoms with E-state index in [-0.39, 0.29) is 4.90 Å². The Hall–Kier alpha value is -1.28. The fourth-order valence-electron chi connectivity index (χ4n) is 1.78. The van der Waals surface area contributed by atoms with E-state index in [2.05, 4.69) is 4.90 Å². The van der Waals surface area contributed by atoms with Crippen LogP contribution in [0.1, 0.15) is 19.4 Å². The smallest absolute Gasteiger partial charge is 0.303 e. The van der Waals surface area contributed by atoms with E-state index >= 15 is 0 Å². The van der Waals surface area contributed by atoms with E-state index in [0.29, 0.717) is 11.8 Å².